The van der Waals surface area contributed by atoms with Gasteiger partial charge >= 0.3 is 0 Å². The first-order chi connectivity index (χ1) is 12.7. The van der Waals surface area contributed by atoms with Gasteiger partial charge in [-0.2, -0.15) is 0 Å². The van der Waals surface area contributed by atoms with Crippen LogP contribution in [0.1, 0.15) is 16.1 Å². The molecular formula is C21H18N4O. The highest BCUT2D eigenvalue weighted by Crippen LogP contribution is 2.38. The number of aryl methyl sites for hydroxylation is 1. The number of hydrogen-bond donors (Lipinski definition) is 1. The van der Waals surface area contributed by atoms with Gasteiger partial charge in [-0.05, 0) is 12.5 Å². The average molecular weight is 342 g/mol. The quantitative estimate of drug-likeness (QED) is 0.564. The number of aromatic nitrogens is 3. The number of fused-ring (bicyclic) bond motifs is 1. The lowest BCUT2D eigenvalue weighted by Crippen LogP contribution is -2.05. The molecule has 1 N–H and O–H groups in total. The van der Waals surface area contributed by atoms with Crippen LogP contribution < -0.4 is 5.32 Å². The number of carbonyl (C=O) groups is 1. The van der Waals surface area contributed by atoms with Crippen molar-refractivity contribution in [1.82, 2.24) is 14.4 Å². The van der Waals surface area contributed by atoms with Crippen molar-refractivity contribution in [1.29, 1.82) is 0 Å². The van der Waals surface area contributed by atoms with Gasteiger partial charge in [0.1, 0.15) is 5.82 Å². The predicted molar refractivity (Wildman–Crippen MR) is 104 cm³/mol. The number of nitrogens with zero attached hydrogens (tertiary/aromatic N) is 3. The number of nitrogens with one attached hydrogen (secondary N) is 1. The Bertz CT molecular complexity index is 1100. The highest BCUT2D eigenvalue weighted by molar-refractivity contribution is 5.95. The lowest BCUT2D eigenvalue weighted by Gasteiger charge is -2.17. The molecule has 0 aliphatic heterocycles. The summed E-state index contributed by atoms with van der Waals surface area (Å²) in [6.07, 6.45) is 2.82. The first-order valence-corrected chi connectivity index (χ1v) is 8.40. The van der Waals surface area contributed by atoms with Gasteiger partial charge in [0.2, 0.25) is 5.78 Å². The Morgan fingerprint density at radius 2 is 1.73 bits per heavy atom. The Morgan fingerprint density at radius 3 is 2.46 bits per heavy atom. The standard InChI is InChI=1S/C21H18N4O/c1-14-12-25-20(22-2)18(15-8-4-3-5-9-15)19(24-21(25)23-14)17-11-7-6-10-16(17)13-26/h3-13,22H,1-2H3. The van der Waals surface area contributed by atoms with Crippen LogP contribution in [0.2, 0.25) is 0 Å². The van der Waals surface area contributed by atoms with Gasteiger partial charge in [-0.15, -0.1) is 0 Å². The molecule has 0 radical (unpaired) electrons. The molecule has 2 aromatic heterocycles. The molecule has 0 spiro atoms. The lowest BCUT2D eigenvalue weighted by atomic mass is 9.96. The molecule has 0 aliphatic rings. The Kier molecular flexibility index (Phi) is 3.97. The summed E-state index contributed by atoms with van der Waals surface area (Å²) in [6.45, 7) is 1.94. The number of rotatable bonds is 4. The molecular weight excluding hydrogens is 324 g/mol. The van der Waals surface area contributed by atoms with E-state index in [-0.39, 0.29) is 0 Å². The minimum Gasteiger partial charge on any atom is -0.374 e. The zero-order chi connectivity index (χ0) is 18.1. The first-order valence-electron chi connectivity index (χ1n) is 8.40. The molecule has 0 bridgehead atoms. The molecule has 0 atom stereocenters. The summed E-state index contributed by atoms with van der Waals surface area (Å²) in [5.41, 5.74) is 4.98. The van der Waals surface area contributed by atoms with Gasteiger partial charge < -0.3 is 5.32 Å². The summed E-state index contributed by atoms with van der Waals surface area (Å²) >= 11 is 0. The summed E-state index contributed by atoms with van der Waals surface area (Å²) in [6, 6.07) is 17.5. The minimum atomic E-state index is 0.599. The summed E-state index contributed by atoms with van der Waals surface area (Å²) < 4.78 is 1.95. The second kappa shape index (κ2) is 6.44. The summed E-state index contributed by atoms with van der Waals surface area (Å²) in [4.78, 5) is 20.9. The Balaban J connectivity index is 2.16. The molecule has 2 heterocycles. The largest absolute Gasteiger partial charge is 0.374 e. The Hall–Kier alpha value is -3.47. The average Bonchev–Trinajstić information content (AvgIpc) is 3.07. The number of carbonyl (C=O) groups excluding carboxylic acids is 1. The van der Waals surface area contributed by atoms with Crippen molar-refractivity contribution in [3.8, 4) is 22.4 Å². The number of imidazole rings is 1. The molecule has 0 aliphatic carbocycles. The summed E-state index contributed by atoms with van der Waals surface area (Å²) in [5, 5.41) is 3.29. The fourth-order valence-electron chi connectivity index (χ4n) is 3.25. The molecule has 5 heteroatoms. The van der Waals surface area contributed by atoms with Crippen LogP contribution in [0.25, 0.3) is 28.2 Å². The Labute approximate surface area is 151 Å². The van der Waals surface area contributed by atoms with Crippen molar-refractivity contribution in [2.45, 2.75) is 6.92 Å². The maximum Gasteiger partial charge on any atom is 0.236 e. The third-order valence-electron chi connectivity index (χ3n) is 4.38. The third kappa shape index (κ3) is 2.54. The highest BCUT2D eigenvalue weighted by Gasteiger charge is 2.20. The van der Waals surface area contributed by atoms with Crippen LogP contribution in [0, 0.1) is 6.92 Å². The second-order valence-electron chi connectivity index (χ2n) is 6.06. The number of aldehydes is 1. The lowest BCUT2D eigenvalue weighted by molar-refractivity contribution is 0.112. The topological polar surface area (TPSA) is 59.3 Å². The molecule has 26 heavy (non-hydrogen) atoms. The van der Waals surface area contributed by atoms with Gasteiger partial charge in [0, 0.05) is 29.9 Å². The molecule has 2 aromatic carbocycles. The van der Waals surface area contributed by atoms with E-state index in [1.807, 2.05) is 73.1 Å². The van der Waals surface area contributed by atoms with E-state index in [2.05, 4.69) is 10.3 Å². The molecule has 0 fully saturated rings. The van der Waals surface area contributed by atoms with Gasteiger partial charge in [0.15, 0.2) is 6.29 Å². The molecule has 0 saturated heterocycles. The van der Waals surface area contributed by atoms with Gasteiger partial charge in [-0.3, -0.25) is 9.20 Å². The molecule has 4 rings (SSSR count). The van der Waals surface area contributed by atoms with Crippen LogP contribution in [0.4, 0.5) is 5.82 Å². The van der Waals surface area contributed by atoms with E-state index in [1.54, 1.807) is 6.07 Å². The number of benzene rings is 2. The van der Waals surface area contributed by atoms with Crippen LogP contribution in [0.3, 0.4) is 0 Å². The molecule has 0 saturated carbocycles. The normalized spacial score (nSPS) is 10.8. The fourth-order valence-corrected chi connectivity index (χ4v) is 3.25. The summed E-state index contributed by atoms with van der Waals surface area (Å²) in [7, 11) is 1.88. The smallest absolute Gasteiger partial charge is 0.236 e. The second-order valence-corrected chi connectivity index (χ2v) is 6.06. The van der Waals surface area contributed by atoms with Crippen LogP contribution in [0.15, 0.2) is 60.8 Å². The van der Waals surface area contributed by atoms with Gasteiger partial charge in [-0.1, -0.05) is 54.6 Å². The van der Waals surface area contributed by atoms with Gasteiger partial charge in [0.25, 0.3) is 0 Å². The van der Waals surface area contributed by atoms with Crippen LogP contribution in [0.5, 0.6) is 0 Å². The Morgan fingerprint density at radius 1 is 1.00 bits per heavy atom. The predicted octanol–water partition coefficient (Wildman–Crippen LogP) is 4.23. The SMILES string of the molecule is CNc1c(-c2ccccc2)c(-c2ccccc2C=O)nc2nc(C)cn12. The highest BCUT2D eigenvalue weighted by atomic mass is 16.1. The monoisotopic (exact) mass is 342 g/mol. The molecule has 128 valence electrons. The zero-order valence-corrected chi connectivity index (χ0v) is 14.6. The molecule has 4 aromatic rings. The van der Waals surface area contributed by atoms with E-state index in [0.717, 1.165) is 40.2 Å². The van der Waals surface area contributed by atoms with E-state index >= 15 is 0 Å². The van der Waals surface area contributed by atoms with Crippen molar-refractivity contribution in [2.24, 2.45) is 0 Å². The maximum absolute atomic E-state index is 11.6. The fraction of sp³-hybridized carbons (Fsp3) is 0.0952. The van der Waals surface area contributed by atoms with Crippen molar-refractivity contribution in [3.05, 3.63) is 72.1 Å². The van der Waals surface area contributed by atoms with Crippen LogP contribution >= 0.6 is 0 Å². The minimum absolute atomic E-state index is 0.599. The van der Waals surface area contributed by atoms with Crippen molar-refractivity contribution in [2.75, 3.05) is 12.4 Å². The van der Waals surface area contributed by atoms with E-state index in [1.165, 1.54) is 0 Å². The van der Waals surface area contributed by atoms with Gasteiger partial charge in [0.05, 0.1) is 11.4 Å². The van der Waals surface area contributed by atoms with E-state index in [0.29, 0.717) is 11.3 Å². The summed E-state index contributed by atoms with van der Waals surface area (Å²) in [5.74, 6) is 1.49. The molecule has 0 amide bonds. The maximum atomic E-state index is 11.6. The van der Waals surface area contributed by atoms with Crippen LogP contribution in [-0.2, 0) is 0 Å². The van der Waals surface area contributed by atoms with Crippen molar-refractivity contribution in [3.63, 3.8) is 0 Å². The zero-order valence-electron chi connectivity index (χ0n) is 14.6. The van der Waals surface area contributed by atoms with E-state index < -0.39 is 0 Å². The van der Waals surface area contributed by atoms with Crippen molar-refractivity contribution >= 4 is 17.9 Å². The number of hydrogen-bond acceptors (Lipinski definition) is 4. The molecule has 5 nitrogen and oxygen atoms in total. The van der Waals surface area contributed by atoms with E-state index in [9.17, 15) is 4.79 Å². The first kappa shape index (κ1) is 16.0. The third-order valence-corrected chi connectivity index (χ3v) is 4.38. The molecule has 0 unspecified atom stereocenters. The number of anilines is 1. The van der Waals surface area contributed by atoms with Gasteiger partial charge in [-0.25, -0.2) is 9.97 Å². The van der Waals surface area contributed by atoms with Crippen LogP contribution in [-0.4, -0.2) is 27.7 Å². The van der Waals surface area contributed by atoms with Crippen molar-refractivity contribution < 1.29 is 4.79 Å². The van der Waals surface area contributed by atoms with E-state index in [4.69, 9.17) is 4.98 Å².